The molecule has 0 saturated carbocycles. The molecule has 136 valence electrons. The molecule has 0 unspecified atom stereocenters. The van der Waals surface area contributed by atoms with E-state index in [-0.39, 0.29) is 12.2 Å². The van der Waals surface area contributed by atoms with Gasteiger partial charge in [0.15, 0.2) is 0 Å². The molecule has 1 heterocycles. The van der Waals surface area contributed by atoms with Crippen LogP contribution in [0.15, 0.2) is 42.7 Å². The van der Waals surface area contributed by atoms with Gasteiger partial charge in [-0.15, -0.1) is 0 Å². The molecule has 2 aromatic rings. The highest BCUT2D eigenvalue weighted by molar-refractivity contribution is 5.94. The van der Waals surface area contributed by atoms with Gasteiger partial charge in [-0.2, -0.15) is 13.2 Å². The van der Waals surface area contributed by atoms with Crippen LogP contribution in [0.1, 0.15) is 53.4 Å². The highest BCUT2D eigenvalue weighted by atomic mass is 19.4. The highest BCUT2D eigenvalue weighted by Crippen LogP contribution is 2.46. The normalized spacial score (nSPS) is 15.4. The molecule has 0 N–H and O–H groups in total. The summed E-state index contributed by atoms with van der Waals surface area (Å²) in [6, 6.07) is 6.39. The summed E-state index contributed by atoms with van der Waals surface area (Å²) in [5, 5.41) is 0. The molecule has 0 saturated heterocycles. The van der Waals surface area contributed by atoms with Crippen molar-refractivity contribution in [3.8, 4) is 0 Å². The van der Waals surface area contributed by atoms with Crippen LogP contribution in [0.5, 0.6) is 0 Å². The Bertz CT molecular complexity index is 898. The van der Waals surface area contributed by atoms with Gasteiger partial charge in [-0.3, -0.25) is 4.98 Å². The van der Waals surface area contributed by atoms with Gasteiger partial charge in [-0.05, 0) is 47.4 Å². The zero-order valence-electron chi connectivity index (χ0n) is 14.6. The molecule has 1 aromatic heterocycles. The molecule has 0 atom stereocenters. The van der Waals surface area contributed by atoms with Crippen molar-refractivity contribution in [1.82, 2.24) is 4.98 Å². The lowest BCUT2D eigenvalue weighted by Crippen LogP contribution is -2.12. The first-order valence-electron chi connectivity index (χ1n) is 8.21. The van der Waals surface area contributed by atoms with Gasteiger partial charge in [0, 0.05) is 17.8 Å². The molecule has 1 aliphatic carbocycles. The van der Waals surface area contributed by atoms with Crippen molar-refractivity contribution >= 4 is 11.5 Å². The minimum absolute atomic E-state index is 0.0559. The number of pyridine rings is 1. The van der Waals surface area contributed by atoms with Crippen LogP contribution >= 0.6 is 0 Å². The van der Waals surface area contributed by atoms with E-state index in [0.29, 0.717) is 16.7 Å². The van der Waals surface area contributed by atoms with E-state index in [9.17, 15) is 18.0 Å². The van der Waals surface area contributed by atoms with E-state index in [4.69, 9.17) is 4.74 Å². The quantitative estimate of drug-likeness (QED) is 0.722. The molecule has 1 aliphatic rings. The van der Waals surface area contributed by atoms with Gasteiger partial charge >= 0.3 is 12.1 Å². The lowest BCUT2D eigenvalue weighted by atomic mass is 9.86. The number of benzene rings is 1. The van der Waals surface area contributed by atoms with Crippen LogP contribution < -0.4 is 0 Å². The van der Waals surface area contributed by atoms with E-state index >= 15 is 0 Å². The first kappa shape index (κ1) is 18.2. The second kappa shape index (κ2) is 6.27. The first-order chi connectivity index (χ1) is 12.1. The molecule has 0 amide bonds. The minimum Gasteiger partial charge on any atom is -0.462 e. The van der Waals surface area contributed by atoms with Crippen molar-refractivity contribution < 1.29 is 22.7 Å². The number of halogens is 3. The van der Waals surface area contributed by atoms with E-state index in [1.54, 1.807) is 31.2 Å². The number of allylic oxidation sites excluding steroid dienone is 1. The average Bonchev–Trinajstić information content (AvgIpc) is 2.85. The highest BCUT2D eigenvalue weighted by Gasteiger charge is 2.38. The number of nitrogens with zero attached hydrogens (tertiary/aromatic N) is 1. The fourth-order valence-electron chi connectivity index (χ4n) is 3.26. The number of esters is 1. The van der Waals surface area contributed by atoms with E-state index in [1.807, 2.05) is 13.8 Å². The number of carbonyl (C=O) groups excluding carboxylic acids is 1. The number of hydrogen-bond acceptors (Lipinski definition) is 3. The molecule has 3 nitrogen and oxygen atoms in total. The molecule has 26 heavy (non-hydrogen) atoms. The Morgan fingerprint density at radius 2 is 1.92 bits per heavy atom. The number of ether oxygens (including phenoxy) is 1. The largest absolute Gasteiger partial charge is 0.462 e. The minimum atomic E-state index is -4.52. The van der Waals surface area contributed by atoms with Gasteiger partial charge in [0.25, 0.3) is 0 Å². The van der Waals surface area contributed by atoms with Crippen molar-refractivity contribution in [2.75, 3.05) is 6.61 Å². The van der Waals surface area contributed by atoms with Gasteiger partial charge < -0.3 is 4.74 Å². The van der Waals surface area contributed by atoms with Crippen LogP contribution in [0.2, 0.25) is 0 Å². The fraction of sp³-hybridized carbons (Fsp3) is 0.300. The van der Waals surface area contributed by atoms with Crippen molar-refractivity contribution in [1.29, 1.82) is 0 Å². The summed E-state index contributed by atoms with van der Waals surface area (Å²) in [5.41, 5.74) is 1.05. The Labute approximate surface area is 149 Å². The third-order valence-electron chi connectivity index (χ3n) is 4.44. The Kier molecular flexibility index (Phi) is 4.38. The standard InChI is InChI=1S/C20H18F3NO2/c1-4-26-18(25)12-5-6-16-14(9-12)15(10-19(16,2)3)13-7-8-24-11-17(13)20(21,22)23/h5-11H,4H2,1-3H3. The number of aromatic nitrogens is 1. The van der Waals surface area contributed by atoms with E-state index in [2.05, 4.69) is 4.98 Å². The Morgan fingerprint density at radius 3 is 2.58 bits per heavy atom. The average molecular weight is 361 g/mol. The molecule has 0 spiro atoms. The molecular formula is C20H18F3NO2. The summed E-state index contributed by atoms with van der Waals surface area (Å²) in [6.45, 7) is 5.79. The number of fused-ring (bicyclic) bond motifs is 1. The van der Waals surface area contributed by atoms with E-state index in [0.717, 1.165) is 11.8 Å². The van der Waals surface area contributed by atoms with Gasteiger partial charge in [-0.25, -0.2) is 4.79 Å². The molecular weight excluding hydrogens is 343 g/mol. The maximum absolute atomic E-state index is 13.4. The summed E-state index contributed by atoms with van der Waals surface area (Å²) >= 11 is 0. The van der Waals surface area contributed by atoms with Crippen molar-refractivity contribution in [3.05, 3.63) is 70.6 Å². The summed E-state index contributed by atoms with van der Waals surface area (Å²) in [6.07, 6.45) is -0.546. The van der Waals surface area contributed by atoms with Crippen LogP contribution in [0.4, 0.5) is 13.2 Å². The zero-order chi connectivity index (χ0) is 19.1. The van der Waals surface area contributed by atoms with Gasteiger partial charge in [-0.1, -0.05) is 26.0 Å². The number of hydrogen-bond donors (Lipinski definition) is 0. The van der Waals surface area contributed by atoms with Gasteiger partial charge in [0.1, 0.15) is 0 Å². The van der Waals surface area contributed by atoms with Crippen LogP contribution in [0.25, 0.3) is 5.57 Å². The summed E-state index contributed by atoms with van der Waals surface area (Å²) < 4.78 is 45.3. The maximum Gasteiger partial charge on any atom is 0.418 e. The molecule has 0 fully saturated rings. The molecule has 3 rings (SSSR count). The van der Waals surface area contributed by atoms with Crippen LogP contribution in [0, 0.1) is 0 Å². The Balaban J connectivity index is 2.19. The number of carbonyl (C=O) groups is 1. The van der Waals surface area contributed by atoms with E-state index < -0.39 is 23.1 Å². The van der Waals surface area contributed by atoms with Crippen LogP contribution in [0.3, 0.4) is 0 Å². The topological polar surface area (TPSA) is 39.2 Å². The molecule has 0 radical (unpaired) electrons. The third kappa shape index (κ3) is 3.11. The third-order valence-corrected chi connectivity index (χ3v) is 4.44. The zero-order valence-corrected chi connectivity index (χ0v) is 14.6. The molecule has 6 heteroatoms. The molecule has 0 bridgehead atoms. The van der Waals surface area contributed by atoms with Gasteiger partial charge in [0.05, 0.1) is 17.7 Å². The van der Waals surface area contributed by atoms with Crippen LogP contribution in [-0.4, -0.2) is 17.6 Å². The second-order valence-electron chi connectivity index (χ2n) is 6.68. The second-order valence-corrected chi connectivity index (χ2v) is 6.68. The summed E-state index contributed by atoms with van der Waals surface area (Å²) in [7, 11) is 0. The SMILES string of the molecule is CCOC(=O)c1ccc2c(c1)C(c1ccncc1C(F)(F)F)=CC2(C)C. The maximum atomic E-state index is 13.4. The predicted molar refractivity (Wildman–Crippen MR) is 91.7 cm³/mol. The lowest BCUT2D eigenvalue weighted by molar-refractivity contribution is -0.138. The summed E-state index contributed by atoms with van der Waals surface area (Å²) in [4.78, 5) is 15.7. The number of alkyl halides is 3. The molecule has 1 aromatic carbocycles. The number of rotatable bonds is 3. The van der Waals surface area contributed by atoms with Gasteiger partial charge in [0.2, 0.25) is 0 Å². The van der Waals surface area contributed by atoms with Crippen LogP contribution in [-0.2, 0) is 16.3 Å². The summed E-state index contributed by atoms with van der Waals surface area (Å²) in [5.74, 6) is -0.495. The fourth-order valence-corrected chi connectivity index (χ4v) is 3.26. The Morgan fingerprint density at radius 1 is 1.19 bits per heavy atom. The molecule has 0 aliphatic heterocycles. The Hall–Kier alpha value is -2.63. The monoisotopic (exact) mass is 361 g/mol. The van der Waals surface area contributed by atoms with E-state index in [1.165, 1.54) is 12.3 Å². The van der Waals surface area contributed by atoms with Crippen molar-refractivity contribution in [2.45, 2.75) is 32.4 Å². The lowest BCUT2D eigenvalue weighted by Gasteiger charge is -2.17. The van der Waals surface area contributed by atoms with Crippen molar-refractivity contribution in [3.63, 3.8) is 0 Å². The predicted octanol–water partition coefficient (Wildman–Crippen LogP) is 5.00. The van der Waals surface area contributed by atoms with Crippen molar-refractivity contribution in [2.24, 2.45) is 0 Å². The first-order valence-corrected chi connectivity index (χ1v) is 8.21. The smallest absolute Gasteiger partial charge is 0.418 e.